The van der Waals surface area contributed by atoms with E-state index in [0.29, 0.717) is 41.8 Å². The van der Waals surface area contributed by atoms with Gasteiger partial charge in [0.15, 0.2) is 5.78 Å². The number of Topliss-reactive ketones (excluding diaryl/α,β-unsaturated/α-hetero) is 1. The van der Waals surface area contributed by atoms with Crippen molar-refractivity contribution in [2.75, 3.05) is 6.61 Å². The van der Waals surface area contributed by atoms with Gasteiger partial charge in [-0.2, -0.15) is 0 Å². The van der Waals surface area contributed by atoms with Gasteiger partial charge >= 0.3 is 5.97 Å². The van der Waals surface area contributed by atoms with Crippen LogP contribution in [0, 0.1) is 16.0 Å². The summed E-state index contributed by atoms with van der Waals surface area (Å²) in [6.45, 7) is 1.96. The van der Waals surface area contributed by atoms with Crippen molar-refractivity contribution in [2.24, 2.45) is 10.9 Å². The Morgan fingerprint density at radius 2 is 1.66 bits per heavy atom. The van der Waals surface area contributed by atoms with Crippen molar-refractivity contribution in [1.82, 2.24) is 0 Å². The molecule has 5 rings (SSSR count). The minimum Gasteiger partial charge on any atom is -0.465 e. The molecule has 7 heteroatoms. The Kier molecular flexibility index (Phi) is 7.26. The Labute approximate surface area is 221 Å². The number of benzene rings is 3. The Balaban J connectivity index is 1.49. The highest BCUT2D eigenvalue weighted by atomic mass is 16.6. The van der Waals surface area contributed by atoms with E-state index in [4.69, 9.17) is 9.73 Å². The van der Waals surface area contributed by atoms with Crippen molar-refractivity contribution in [3.8, 4) is 0 Å². The van der Waals surface area contributed by atoms with Crippen LogP contribution in [0.25, 0.3) is 0 Å². The topological polar surface area (TPSA) is 98.9 Å². The minimum atomic E-state index is -0.844. The summed E-state index contributed by atoms with van der Waals surface area (Å²) in [6, 6.07) is 25.8. The SMILES string of the molecule is CC1=NC2=C(C(=O)C[C@H](c3ccccc3)C2)[C@H](c2cccc([N+](=O)[O-])c2)C1C(=O)OCCc1ccccc1. The van der Waals surface area contributed by atoms with Crippen LogP contribution in [0.3, 0.4) is 0 Å². The fourth-order valence-electron chi connectivity index (χ4n) is 5.52. The highest BCUT2D eigenvalue weighted by molar-refractivity contribution is 6.09. The van der Waals surface area contributed by atoms with Gasteiger partial charge in [-0.05, 0) is 36.0 Å². The number of carbonyl (C=O) groups is 2. The van der Waals surface area contributed by atoms with E-state index in [0.717, 1.165) is 11.1 Å². The molecule has 0 N–H and O–H groups in total. The van der Waals surface area contributed by atoms with E-state index in [1.54, 1.807) is 19.1 Å². The molecule has 0 saturated carbocycles. The molecule has 0 spiro atoms. The average molecular weight is 509 g/mol. The van der Waals surface area contributed by atoms with Crippen molar-refractivity contribution in [2.45, 2.75) is 38.0 Å². The monoisotopic (exact) mass is 508 g/mol. The lowest BCUT2D eigenvalue weighted by atomic mass is 9.69. The molecule has 3 aromatic carbocycles. The number of nitro groups is 1. The zero-order valence-corrected chi connectivity index (χ0v) is 21.1. The van der Waals surface area contributed by atoms with Crippen molar-refractivity contribution < 1.29 is 19.2 Å². The van der Waals surface area contributed by atoms with Gasteiger partial charge in [0.1, 0.15) is 5.92 Å². The van der Waals surface area contributed by atoms with Crippen LogP contribution in [-0.4, -0.2) is 29.0 Å². The summed E-state index contributed by atoms with van der Waals surface area (Å²) in [5, 5.41) is 11.5. The van der Waals surface area contributed by atoms with Gasteiger partial charge in [-0.1, -0.05) is 72.8 Å². The number of aliphatic imine (C=N–C) groups is 1. The number of ether oxygens (including phenoxy) is 1. The molecule has 1 heterocycles. The molecule has 0 amide bonds. The number of nitrogens with zero attached hydrogens (tertiary/aromatic N) is 2. The number of non-ortho nitro benzene ring substituents is 1. The zero-order valence-electron chi connectivity index (χ0n) is 21.1. The Hall–Kier alpha value is -4.39. The molecule has 192 valence electrons. The predicted molar refractivity (Wildman–Crippen MR) is 144 cm³/mol. The highest BCUT2D eigenvalue weighted by Crippen LogP contribution is 2.47. The second kappa shape index (κ2) is 10.9. The number of rotatable bonds is 7. The van der Waals surface area contributed by atoms with Crippen molar-refractivity contribution >= 4 is 23.2 Å². The second-order valence-corrected chi connectivity index (χ2v) is 9.76. The van der Waals surface area contributed by atoms with Crippen LogP contribution in [0.5, 0.6) is 0 Å². The third-order valence-electron chi connectivity index (χ3n) is 7.33. The number of hydrogen-bond acceptors (Lipinski definition) is 6. The van der Waals surface area contributed by atoms with Crippen LogP contribution >= 0.6 is 0 Å². The van der Waals surface area contributed by atoms with Crippen LogP contribution in [0.15, 0.2) is 101 Å². The Bertz CT molecular complexity index is 1430. The normalized spacial score (nSPS) is 20.9. The minimum absolute atomic E-state index is 0.0147. The van der Waals surface area contributed by atoms with Crippen LogP contribution in [0.2, 0.25) is 0 Å². The summed E-state index contributed by atoms with van der Waals surface area (Å²) in [6.07, 6.45) is 1.41. The summed E-state index contributed by atoms with van der Waals surface area (Å²) in [4.78, 5) is 43.0. The molecule has 38 heavy (non-hydrogen) atoms. The number of esters is 1. The summed E-state index contributed by atoms with van der Waals surface area (Å²) < 4.78 is 5.70. The number of carbonyl (C=O) groups excluding carboxylic acids is 2. The maximum absolute atomic E-state index is 13.7. The van der Waals surface area contributed by atoms with Gasteiger partial charge in [0.2, 0.25) is 0 Å². The fourth-order valence-corrected chi connectivity index (χ4v) is 5.52. The first-order valence-corrected chi connectivity index (χ1v) is 12.7. The molecule has 0 radical (unpaired) electrons. The van der Waals surface area contributed by atoms with E-state index in [-0.39, 0.29) is 24.0 Å². The lowest BCUT2D eigenvalue weighted by Crippen LogP contribution is -2.38. The third-order valence-corrected chi connectivity index (χ3v) is 7.33. The number of nitro benzene ring substituents is 1. The maximum Gasteiger partial charge on any atom is 0.315 e. The smallest absolute Gasteiger partial charge is 0.315 e. The third kappa shape index (κ3) is 5.18. The van der Waals surface area contributed by atoms with E-state index in [9.17, 15) is 19.7 Å². The van der Waals surface area contributed by atoms with Gasteiger partial charge in [-0.3, -0.25) is 24.7 Å². The molecule has 3 atom stereocenters. The van der Waals surface area contributed by atoms with E-state index in [2.05, 4.69) is 0 Å². The van der Waals surface area contributed by atoms with Gasteiger partial charge < -0.3 is 4.74 Å². The quantitative estimate of drug-likeness (QED) is 0.223. The average Bonchev–Trinajstić information content (AvgIpc) is 2.93. The van der Waals surface area contributed by atoms with Gasteiger partial charge in [0.05, 0.1) is 11.5 Å². The molecule has 0 saturated heterocycles. The van der Waals surface area contributed by atoms with E-state index >= 15 is 0 Å². The fraction of sp³-hybridized carbons (Fsp3) is 0.258. The standard InChI is InChI=1S/C31H28N2O5/c1-20-28(31(35)38-16-15-21-9-4-2-5-10-21)29(23-13-8-14-25(17-23)33(36)37)30-26(32-20)18-24(19-27(30)34)22-11-6-3-7-12-22/h2-14,17,24,28-29H,15-16,18-19H2,1H3/t24-,28?,29-/m1/s1. The van der Waals surface area contributed by atoms with E-state index in [1.165, 1.54) is 12.1 Å². The Morgan fingerprint density at radius 3 is 2.37 bits per heavy atom. The molecule has 0 fully saturated rings. The maximum atomic E-state index is 13.7. The molecule has 7 nitrogen and oxygen atoms in total. The first-order valence-electron chi connectivity index (χ1n) is 12.7. The van der Waals surface area contributed by atoms with Crippen LogP contribution < -0.4 is 0 Å². The Morgan fingerprint density at radius 1 is 0.974 bits per heavy atom. The second-order valence-electron chi connectivity index (χ2n) is 9.76. The molecule has 0 bridgehead atoms. The zero-order chi connectivity index (χ0) is 26.6. The largest absolute Gasteiger partial charge is 0.465 e. The number of hydrogen-bond donors (Lipinski definition) is 0. The predicted octanol–water partition coefficient (Wildman–Crippen LogP) is 5.96. The summed E-state index contributed by atoms with van der Waals surface area (Å²) in [5.41, 5.74) is 4.22. The first kappa shape index (κ1) is 25.3. The van der Waals surface area contributed by atoms with Crippen molar-refractivity contribution in [1.29, 1.82) is 0 Å². The van der Waals surface area contributed by atoms with Crippen LogP contribution in [-0.2, 0) is 20.7 Å². The van der Waals surface area contributed by atoms with Crippen molar-refractivity contribution in [3.05, 3.63) is 123 Å². The van der Waals surface area contributed by atoms with Gasteiger partial charge in [-0.15, -0.1) is 0 Å². The summed E-state index contributed by atoms with van der Waals surface area (Å²) in [5.74, 6) is -2.13. The van der Waals surface area contributed by atoms with Crippen LogP contribution in [0.4, 0.5) is 5.69 Å². The molecule has 1 aliphatic carbocycles. The molecular weight excluding hydrogens is 480 g/mol. The summed E-state index contributed by atoms with van der Waals surface area (Å²) in [7, 11) is 0. The lowest BCUT2D eigenvalue weighted by Gasteiger charge is -2.36. The molecule has 2 aliphatic rings. The molecule has 0 aromatic heterocycles. The van der Waals surface area contributed by atoms with Gasteiger partial charge in [0.25, 0.3) is 5.69 Å². The number of ketones is 1. The summed E-state index contributed by atoms with van der Waals surface area (Å²) >= 11 is 0. The van der Waals surface area contributed by atoms with E-state index < -0.39 is 22.7 Å². The molecule has 1 unspecified atom stereocenters. The van der Waals surface area contributed by atoms with Crippen molar-refractivity contribution in [3.63, 3.8) is 0 Å². The van der Waals surface area contributed by atoms with Crippen LogP contribution in [0.1, 0.15) is 48.3 Å². The highest BCUT2D eigenvalue weighted by Gasteiger charge is 2.45. The molecule has 3 aromatic rings. The number of allylic oxidation sites excluding steroid dienone is 2. The first-order chi connectivity index (χ1) is 18.4. The van der Waals surface area contributed by atoms with E-state index in [1.807, 2.05) is 60.7 Å². The molecule has 1 aliphatic heterocycles. The van der Waals surface area contributed by atoms with Gasteiger partial charge in [-0.25, -0.2) is 0 Å². The lowest BCUT2D eigenvalue weighted by molar-refractivity contribution is -0.384. The van der Waals surface area contributed by atoms with Gasteiger partial charge in [0, 0.05) is 47.9 Å². The molecular formula is C31H28N2O5.